The van der Waals surface area contributed by atoms with Crippen LogP contribution in [0.15, 0.2) is 73.1 Å². The Hall–Kier alpha value is -5.94. The summed E-state index contributed by atoms with van der Waals surface area (Å²) in [4.78, 5) is 72.1. The van der Waals surface area contributed by atoms with Crippen molar-refractivity contribution >= 4 is 52.8 Å². The SMILES string of the molecule is Cc1c(NC(=O)c2ccc(CNCCNC(=O)CCCNC(=O)OC(C)(C)C)cn2)cccc1-c1cccc(NC(=O)c2ccc(CN3C[C@H](O)C[C@H]3C(=O)O)cn2)c1Cl. The highest BCUT2D eigenvalue weighted by atomic mass is 35.5. The second-order valence-electron chi connectivity index (χ2n) is 15.4. The number of carboxylic acid groups (broad SMARTS) is 1. The molecule has 0 saturated carbocycles. The van der Waals surface area contributed by atoms with Crippen molar-refractivity contribution in [2.75, 3.05) is 36.8 Å². The predicted octanol–water partition coefficient (Wildman–Crippen LogP) is 5.14. The number of likely N-dealkylation sites (tertiary alicyclic amines) is 1. The molecule has 1 aliphatic rings. The van der Waals surface area contributed by atoms with Gasteiger partial charge in [-0.1, -0.05) is 48.0 Å². The van der Waals surface area contributed by atoms with Gasteiger partial charge in [-0.3, -0.25) is 34.0 Å². The molecule has 2 aromatic heterocycles. The fourth-order valence-electron chi connectivity index (χ4n) is 6.50. The average Bonchev–Trinajstić information content (AvgIpc) is 3.57. The zero-order chi connectivity index (χ0) is 43.4. The number of rotatable bonds is 17. The molecule has 1 fully saturated rings. The van der Waals surface area contributed by atoms with Crippen LogP contribution in [-0.2, 0) is 27.4 Å². The van der Waals surface area contributed by atoms with Crippen LogP contribution in [0.25, 0.3) is 11.1 Å². The molecule has 4 amide bonds. The van der Waals surface area contributed by atoms with Crippen LogP contribution in [0.4, 0.5) is 16.2 Å². The summed E-state index contributed by atoms with van der Waals surface area (Å²) < 4.78 is 5.17. The minimum absolute atomic E-state index is 0.115. The van der Waals surface area contributed by atoms with Crippen LogP contribution in [0.5, 0.6) is 0 Å². The average molecular weight is 843 g/mol. The summed E-state index contributed by atoms with van der Waals surface area (Å²) in [5.74, 6) is -2.00. The molecule has 2 atom stereocenters. The van der Waals surface area contributed by atoms with E-state index in [4.69, 9.17) is 16.3 Å². The first-order valence-electron chi connectivity index (χ1n) is 19.6. The molecule has 1 aliphatic heterocycles. The van der Waals surface area contributed by atoms with E-state index in [1.807, 2.05) is 19.1 Å². The molecule has 17 heteroatoms. The van der Waals surface area contributed by atoms with Gasteiger partial charge in [0, 0.05) is 75.8 Å². The number of hydrogen-bond donors (Lipinski definition) is 7. The number of nitrogens with zero attached hydrogens (tertiary/aromatic N) is 3. The highest BCUT2D eigenvalue weighted by Crippen LogP contribution is 2.37. The summed E-state index contributed by atoms with van der Waals surface area (Å²) in [6, 6.07) is 16.6. The number of halogens is 1. The summed E-state index contributed by atoms with van der Waals surface area (Å²) in [6.07, 6.45) is 2.82. The summed E-state index contributed by atoms with van der Waals surface area (Å²) in [7, 11) is 0. The van der Waals surface area contributed by atoms with Gasteiger partial charge in [-0.15, -0.1) is 0 Å². The molecule has 1 saturated heterocycles. The highest BCUT2D eigenvalue weighted by molar-refractivity contribution is 6.36. The van der Waals surface area contributed by atoms with Gasteiger partial charge in [-0.25, -0.2) is 4.79 Å². The molecule has 2 aromatic carbocycles. The number of β-amino-alcohol motifs (C(OH)–C–C–N with tert-alkyl or cyclic N) is 1. The van der Waals surface area contributed by atoms with E-state index in [0.717, 1.165) is 16.7 Å². The Bertz CT molecular complexity index is 2160. The second kappa shape index (κ2) is 20.8. The number of carboxylic acids is 1. The van der Waals surface area contributed by atoms with Crippen molar-refractivity contribution in [3.05, 3.63) is 106 Å². The number of amides is 4. The lowest BCUT2D eigenvalue weighted by Gasteiger charge is -2.20. The maximum absolute atomic E-state index is 13.2. The van der Waals surface area contributed by atoms with Gasteiger partial charge in [0.25, 0.3) is 11.8 Å². The largest absolute Gasteiger partial charge is 0.480 e. The van der Waals surface area contributed by atoms with Gasteiger partial charge < -0.3 is 41.5 Å². The maximum atomic E-state index is 13.2. The van der Waals surface area contributed by atoms with Crippen molar-refractivity contribution in [2.45, 2.75) is 77.8 Å². The highest BCUT2D eigenvalue weighted by Gasteiger charge is 2.35. The molecule has 7 N–H and O–H groups in total. The lowest BCUT2D eigenvalue weighted by molar-refractivity contribution is -0.142. The van der Waals surface area contributed by atoms with Crippen LogP contribution in [0.1, 0.15) is 77.7 Å². The number of aliphatic hydroxyl groups excluding tert-OH is 1. The summed E-state index contributed by atoms with van der Waals surface area (Å²) in [5.41, 5.74) is 4.37. The zero-order valence-corrected chi connectivity index (χ0v) is 34.8. The zero-order valence-electron chi connectivity index (χ0n) is 34.0. The number of carbonyl (C=O) groups is 5. The maximum Gasteiger partial charge on any atom is 0.407 e. The molecule has 0 aliphatic carbocycles. The van der Waals surface area contributed by atoms with Crippen molar-refractivity contribution in [3.63, 3.8) is 0 Å². The van der Waals surface area contributed by atoms with E-state index in [2.05, 4.69) is 36.6 Å². The number of hydrogen-bond acceptors (Lipinski definition) is 11. The van der Waals surface area contributed by atoms with Crippen molar-refractivity contribution in [2.24, 2.45) is 0 Å². The third-order valence-electron chi connectivity index (χ3n) is 9.49. The van der Waals surface area contributed by atoms with E-state index < -0.39 is 41.6 Å². The van der Waals surface area contributed by atoms with E-state index in [-0.39, 0.29) is 43.2 Å². The van der Waals surface area contributed by atoms with Gasteiger partial charge >= 0.3 is 12.1 Å². The fourth-order valence-corrected chi connectivity index (χ4v) is 6.77. The Balaban J connectivity index is 1.09. The Morgan fingerprint density at radius 3 is 2.10 bits per heavy atom. The summed E-state index contributed by atoms with van der Waals surface area (Å²) in [6.45, 7) is 9.48. The van der Waals surface area contributed by atoms with Gasteiger partial charge in [0.2, 0.25) is 5.91 Å². The Morgan fingerprint density at radius 1 is 0.833 bits per heavy atom. The van der Waals surface area contributed by atoms with Crippen molar-refractivity contribution < 1.29 is 38.9 Å². The number of nitrogens with one attached hydrogen (secondary N) is 5. The topological polar surface area (TPSA) is 224 Å². The van der Waals surface area contributed by atoms with E-state index in [9.17, 15) is 34.2 Å². The van der Waals surface area contributed by atoms with Gasteiger partial charge in [-0.2, -0.15) is 0 Å². The van der Waals surface area contributed by atoms with Gasteiger partial charge in [0.15, 0.2) is 0 Å². The van der Waals surface area contributed by atoms with Crippen LogP contribution >= 0.6 is 11.6 Å². The van der Waals surface area contributed by atoms with E-state index in [1.54, 1.807) is 80.4 Å². The molecule has 16 nitrogen and oxygen atoms in total. The van der Waals surface area contributed by atoms with Crippen LogP contribution in [0.3, 0.4) is 0 Å². The van der Waals surface area contributed by atoms with Crippen LogP contribution in [0, 0.1) is 6.92 Å². The summed E-state index contributed by atoms with van der Waals surface area (Å²) in [5, 5.41) is 34.2. The van der Waals surface area contributed by atoms with E-state index in [1.165, 1.54) is 6.20 Å². The smallest absolute Gasteiger partial charge is 0.407 e. The second-order valence-corrected chi connectivity index (χ2v) is 15.8. The quantitative estimate of drug-likeness (QED) is 0.0687. The third-order valence-corrected chi connectivity index (χ3v) is 9.90. The van der Waals surface area contributed by atoms with Crippen molar-refractivity contribution in [3.8, 4) is 11.1 Å². The minimum atomic E-state index is -0.995. The molecule has 3 heterocycles. The van der Waals surface area contributed by atoms with Crippen LogP contribution < -0.4 is 26.6 Å². The lowest BCUT2D eigenvalue weighted by atomic mass is 9.98. The molecule has 0 unspecified atom stereocenters. The molecule has 318 valence electrons. The number of anilines is 2. The number of aromatic nitrogens is 2. The first kappa shape index (κ1) is 45.1. The number of alkyl carbamates (subject to hydrolysis) is 1. The van der Waals surface area contributed by atoms with Gasteiger partial charge in [-0.05, 0) is 80.6 Å². The Morgan fingerprint density at radius 2 is 1.47 bits per heavy atom. The van der Waals surface area contributed by atoms with E-state index >= 15 is 0 Å². The van der Waals surface area contributed by atoms with Crippen molar-refractivity contribution in [1.29, 1.82) is 0 Å². The standard InChI is InChI=1S/C43H51ClN8O8/c1-26-30(31-9-6-11-33(38(31)44)51-40(56)35-16-14-28(23-49-35)24-52-25-29(53)20-36(52)41(57)58)8-5-10-32(26)50-39(55)34-15-13-27(22-48-34)21-45-18-19-46-37(54)12-7-17-47-42(59)60-43(2,3)4/h5-6,8-11,13-16,22-23,29,36,45,53H,7,12,17-21,24-25H2,1-4H3,(H,46,54)(H,47,59)(H,50,55)(H,51,56)(H,57,58)/t29-,36+/m1/s1. The molecule has 0 spiro atoms. The Kier molecular flexibility index (Phi) is 15.7. The predicted molar refractivity (Wildman–Crippen MR) is 227 cm³/mol. The number of carbonyl (C=O) groups excluding carboxylic acids is 4. The normalized spacial score (nSPS) is 15.2. The molecular formula is C43H51ClN8O8. The third kappa shape index (κ3) is 13.0. The lowest BCUT2D eigenvalue weighted by Crippen LogP contribution is -2.35. The minimum Gasteiger partial charge on any atom is -0.480 e. The first-order valence-corrected chi connectivity index (χ1v) is 20.0. The number of aliphatic carboxylic acids is 1. The molecule has 0 radical (unpaired) electrons. The monoisotopic (exact) mass is 842 g/mol. The first-order chi connectivity index (χ1) is 28.6. The van der Waals surface area contributed by atoms with Crippen LogP contribution in [0.2, 0.25) is 5.02 Å². The molecule has 5 rings (SSSR count). The molecule has 4 aromatic rings. The Labute approximate surface area is 353 Å². The number of benzene rings is 2. The molecular weight excluding hydrogens is 792 g/mol. The molecule has 60 heavy (non-hydrogen) atoms. The van der Waals surface area contributed by atoms with Gasteiger partial charge in [0.05, 0.1) is 16.8 Å². The number of ether oxygens (including phenoxy) is 1. The fraction of sp³-hybridized carbons (Fsp3) is 0.372. The van der Waals surface area contributed by atoms with E-state index in [0.29, 0.717) is 60.1 Å². The number of pyridine rings is 2. The van der Waals surface area contributed by atoms with Gasteiger partial charge in [0.1, 0.15) is 23.0 Å². The number of aliphatic hydroxyl groups is 1. The summed E-state index contributed by atoms with van der Waals surface area (Å²) >= 11 is 6.86. The van der Waals surface area contributed by atoms with Crippen LogP contribution in [-0.4, -0.2) is 98.8 Å². The van der Waals surface area contributed by atoms with Crippen molar-refractivity contribution in [1.82, 2.24) is 30.8 Å². The molecule has 0 bridgehead atoms.